The molecule has 4 aromatic rings. The Morgan fingerprint density at radius 3 is 2.34 bits per heavy atom. The lowest BCUT2D eigenvalue weighted by atomic mass is 10.1. The molecule has 202 valence electrons. The van der Waals surface area contributed by atoms with Gasteiger partial charge in [-0.15, -0.1) is 0 Å². The fraction of sp³-hybridized carbons (Fsp3) is 0.370. The number of fused-ring (bicyclic) bond motifs is 3. The molecule has 2 aromatic heterocycles. The highest BCUT2D eigenvalue weighted by molar-refractivity contribution is 6.10. The number of nitrogens with zero attached hydrogens (tertiary/aromatic N) is 3. The van der Waals surface area contributed by atoms with Gasteiger partial charge in [-0.05, 0) is 68.8 Å². The molecule has 11 heteroatoms. The van der Waals surface area contributed by atoms with E-state index in [4.69, 9.17) is 5.73 Å². The highest BCUT2D eigenvalue weighted by atomic mass is 19.4. The molecule has 0 spiro atoms. The number of amides is 2. The van der Waals surface area contributed by atoms with E-state index >= 15 is 0 Å². The summed E-state index contributed by atoms with van der Waals surface area (Å²) >= 11 is 0. The van der Waals surface area contributed by atoms with Crippen LogP contribution in [0, 0.1) is 0 Å². The summed E-state index contributed by atoms with van der Waals surface area (Å²) < 4.78 is 42.6. The maximum Gasteiger partial charge on any atom is 0.416 e. The van der Waals surface area contributed by atoms with Crippen LogP contribution < -0.4 is 16.4 Å². The van der Waals surface area contributed by atoms with Gasteiger partial charge in [-0.2, -0.15) is 18.3 Å². The van der Waals surface area contributed by atoms with E-state index in [0.717, 1.165) is 54.1 Å². The predicted octanol–water partition coefficient (Wildman–Crippen LogP) is 4.29. The number of benzene rings is 2. The smallest absolute Gasteiger partial charge is 0.368 e. The van der Waals surface area contributed by atoms with Crippen molar-refractivity contribution in [3.63, 3.8) is 0 Å². The topological polar surface area (TPSA) is 107 Å². The van der Waals surface area contributed by atoms with Crippen LogP contribution in [0.15, 0.2) is 48.7 Å². The van der Waals surface area contributed by atoms with Crippen LogP contribution in [0.3, 0.4) is 0 Å². The van der Waals surface area contributed by atoms with Crippen LogP contribution in [0.2, 0.25) is 0 Å². The van der Waals surface area contributed by atoms with Crippen molar-refractivity contribution in [3.05, 3.63) is 59.8 Å². The molecule has 0 saturated carbocycles. The zero-order valence-electron chi connectivity index (χ0n) is 21.3. The lowest BCUT2D eigenvalue weighted by molar-refractivity contribution is -0.137. The molecule has 38 heavy (non-hydrogen) atoms. The third kappa shape index (κ3) is 5.99. The summed E-state index contributed by atoms with van der Waals surface area (Å²) in [7, 11) is 1.77. The molecule has 0 radical (unpaired) electrons. The molecule has 4 rings (SSSR count). The number of unbranched alkanes of at least 4 members (excludes halogenated alkanes) is 3. The van der Waals surface area contributed by atoms with E-state index in [0.29, 0.717) is 30.0 Å². The molecular formula is C27H31F3N6O2. The number of carbonyl (C=O) groups excluding carboxylic acids is 2. The Morgan fingerprint density at radius 1 is 1.00 bits per heavy atom. The quantitative estimate of drug-likeness (QED) is 0.253. The summed E-state index contributed by atoms with van der Waals surface area (Å²) in [4.78, 5) is 23.8. The van der Waals surface area contributed by atoms with Crippen LogP contribution in [-0.4, -0.2) is 45.3 Å². The number of alkyl halides is 3. The van der Waals surface area contributed by atoms with E-state index in [1.807, 2.05) is 6.20 Å². The van der Waals surface area contributed by atoms with Crippen LogP contribution in [-0.2, 0) is 18.0 Å². The minimum absolute atomic E-state index is 0.192. The minimum atomic E-state index is -4.41. The van der Waals surface area contributed by atoms with E-state index in [9.17, 15) is 22.8 Å². The van der Waals surface area contributed by atoms with Crippen LogP contribution in [0.4, 0.5) is 13.2 Å². The standard InChI is InChI=1S/C27H31F3N6O2/c1-17(24(31)37)32-13-5-3-4-6-14-33-26(38)18-7-12-23-21(15-18)22-16-35(2)34-25(22)36(23)20-10-8-19(9-11-20)27(28,29)30/h7-12,15-17,32H,3-6,13-14H2,1-2H3,(H2,31,37)(H,33,38). The number of nitrogens with two attached hydrogens (primary N) is 1. The maximum absolute atomic E-state index is 13.0. The SMILES string of the molecule is CC(NCCCCCCNC(=O)c1ccc2c(c1)c1cn(C)nc1n2-c1ccc(C(F)(F)F)cc1)C(N)=O. The summed E-state index contributed by atoms with van der Waals surface area (Å²) in [5.74, 6) is -0.561. The lowest BCUT2D eigenvalue weighted by Gasteiger charge is -2.10. The Kier molecular flexibility index (Phi) is 8.05. The highest BCUT2D eigenvalue weighted by Gasteiger charge is 2.30. The fourth-order valence-electron chi connectivity index (χ4n) is 4.42. The molecule has 8 nitrogen and oxygen atoms in total. The van der Waals surface area contributed by atoms with Crippen molar-refractivity contribution in [2.45, 2.75) is 44.8 Å². The zero-order valence-corrected chi connectivity index (χ0v) is 21.3. The van der Waals surface area contributed by atoms with Crippen molar-refractivity contribution in [1.29, 1.82) is 0 Å². The minimum Gasteiger partial charge on any atom is -0.368 e. The molecule has 4 N–H and O–H groups in total. The van der Waals surface area contributed by atoms with E-state index in [1.165, 1.54) is 12.1 Å². The van der Waals surface area contributed by atoms with E-state index < -0.39 is 11.7 Å². The molecule has 0 aliphatic heterocycles. The second-order valence-electron chi connectivity index (χ2n) is 9.40. The van der Waals surface area contributed by atoms with Gasteiger partial charge in [0.2, 0.25) is 5.91 Å². The van der Waals surface area contributed by atoms with Gasteiger partial charge in [0.15, 0.2) is 5.65 Å². The Labute approximate surface area is 218 Å². The van der Waals surface area contributed by atoms with Gasteiger partial charge in [0.1, 0.15) is 0 Å². The largest absolute Gasteiger partial charge is 0.416 e. The summed E-state index contributed by atoms with van der Waals surface area (Å²) in [5.41, 5.74) is 6.89. The molecule has 1 unspecified atom stereocenters. The van der Waals surface area contributed by atoms with Gasteiger partial charge in [-0.25, -0.2) is 0 Å². The number of hydrogen-bond donors (Lipinski definition) is 3. The van der Waals surface area contributed by atoms with E-state index in [2.05, 4.69) is 15.7 Å². The zero-order chi connectivity index (χ0) is 27.4. The molecular weight excluding hydrogens is 497 g/mol. The van der Waals surface area contributed by atoms with Crippen molar-refractivity contribution in [3.8, 4) is 5.69 Å². The third-order valence-corrected chi connectivity index (χ3v) is 6.53. The molecule has 0 aliphatic carbocycles. The van der Waals surface area contributed by atoms with Crippen LogP contribution >= 0.6 is 0 Å². The number of carbonyl (C=O) groups is 2. The number of aromatic nitrogens is 3. The molecule has 0 fully saturated rings. The number of aryl methyl sites for hydroxylation is 1. The second kappa shape index (κ2) is 11.3. The molecule has 2 aromatic carbocycles. The predicted molar refractivity (Wildman–Crippen MR) is 140 cm³/mol. The van der Waals surface area contributed by atoms with E-state index in [1.54, 1.807) is 41.4 Å². The molecule has 2 amide bonds. The molecule has 0 bridgehead atoms. The first-order valence-corrected chi connectivity index (χ1v) is 12.5. The summed E-state index contributed by atoms with van der Waals surface area (Å²) in [6, 6.07) is 9.90. The fourth-order valence-corrected chi connectivity index (χ4v) is 4.42. The Balaban J connectivity index is 1.43. The van der Waals surface area contributed by atoms with Crippen LogP contribution in [0.25, 0.3) is 27.6 Å². The Bertz CT molecular complexity index is 1440. The number of primary amides is 1. The molecule has 0 saturated heterocycles. The normalized spacial score (nSPS) is 12.8. The van der Waals surface area contributed by atoms with Crippen molar-refractivity contribution >= 4 is 33.8 Å². The number of nitrogens with one attached hydrogen (secondary N) is 2. The van der Waals surface area contributed by atoms with Crippen molar-refractivity contribution in [2.24, 2.45) is 12.8 Å². The van der Waals surface area contributed by atoms with Crippen molar-refractivity contribution in [2.75, 3.05) is 13.1 Å². The van der Waals surface area contributed by atoms with Gasteiger partial charge in [-0.1, -0.05) is 12.8 Å². The van der Waals surface area contributed by atoms with Gasteiger partial charge < -0.3 is 16.4 Å². The van der Waals surface area contributed by atoms with Crippen LogP contribution in [0.5, 0.6) is 0 Å². The summed E-state index contributed by atoms with van der Waals surface area (Å²) in [5, 5.41) is 12.1. The number of halogens is 3. The van der Waals surface area contributed by atoms with Gasteiger partial charge in [0.05, 0.1) is 17.1 Å². The molecule has 1 atom stereocenters. The van der Waals surface area contributed by atoms with Gasteiger partial charge in [0.25, 0.3) is 5.91 Å². The van der Waals surface area contributed by atoms with Gasteiger partial charge >= 0.3 is 6.18 Å². The molecule has 0 aliphatic rings. The average Bonchev–Trinajstić information content (AvgIpc) is 3.39. The van der Waals surface area contributed by atoms with Crippen LogP contribution in [0.1, 0.15) is 48.5 Å². The summed E-state index contributed by atoms with van der Waals surface area (Å²) in [6.45, 7) is 2.99. The Hall–Kier alpha value is -3.86. The first kappa shape index (κ1) is 27.2. The number of rotatable bonds is 11. The molecule has 2 heterocycles. The van der Waals surface area contributed by atoms with Crippen molar-refractivity contribution < 1.29 is 22.8 Å². The Morgan fingerprint density at radius 2 is 1.68 bits per heavy atom. The first-order chi connectivity index (χ1) is 18.1. The highest BCUT2D eigenvalue weighted by Crippen LogP contribution is 2.34. The van der Waals surface area contributed by atoms with E-state index in [-0.39, 0.29) is 17.9 Å². The monoisotopic (exact) mass is 528 g/mol. The van der Waals surface area contributed by atoms with Gasteiger partial charge in [0, 0.05) is 41.8 Å². The average molecular weight is 529 g/mol. The summed E-state index contributed by atoms with van der Waals surface area (Å²) in [6.07, 6.45) is 1.08. The second-order valence-corrected chi connectivity index (χ2v) is 9.40. The first-order valence-electron chi connectivity index (χ1n) is 12.5. The lowest BCUT2D eigenvalue weighted by Crippen LogP contribution is -2.39. The maximum atomic E-state index is 13.0. The number of hydrogen-bond acceptors (Lipinski definition) is 4. The van der Waals surface area contributed by atoms with Crippen molar-refractivity contribution in [1.82, 2.24) is 25.0 Å². The van der Waals surface area contributed by atoms with Gasteiger partial charge in [-0.3, -0.25) is 18.8 Å². The third-order valence-electron chi connectivity index (χ3n) is 6.53.